The van der Waals surface area contributed by atoms with E-state index in [1.807, 2.05) is 11.3 Å². The lowest BCUT2D eigenvalue weighted by atomic mass is 9.80. The molecule has 0 radical (unpaired) electrons. The van der Waals surface area contributed by atoms with Gasteiger partial charge in [0.15, 0.2) is 0 Å². The first kappa shape index (κ1) is 26.5. The van der Waals surface area contributed by atoms with Crippen molar-refractivity contribution in [2.24, 2.45) is 0 Å². The molecule has 0 fully saturated rings. The minimum atomic E-state index is 0.970. The highest BCUT2D eigenvalue weighted by Gasteiger charge is 2.21. The third-order valence-corrected chi connectivity index (χ3v) is 11.0. The van der Waals surface area contributed by atoms with Crippen LogP contribution in [0.3, 0.4) is 0 Å². The molecule has 1 nitrogen and oxygen atoms in total. The van der Waals surface area contributed by atoms with Gasteiger partial charge < -0.3 is 4.90 Å². The first-order valence-electron chi connectivity index (χ1n) is 16.2. The van der Waals surface area contributed by atoms with Crippen molar-refractivity contribution in [3.05, 3.63) is 175 Å². The molecule has 0 unspecified atom stereocenters. The van der Waals surface area contributed by atoms with E-state index in [4.69, 9.17) is 0 Å². The Labute approximate surface area is 277 Å². The van der Waals surface area contributed by atoms with Crippen LogP contribution in [0, 0.1) is 0 Å². The van der Waals surface area contributed by atoms with E-state index >= 15 is 0 Å². The Hall–Kier alpha value is -5.70. The summed E-state index contributed by atoms with van der Waals surface area (Å²) in [5.74, 6) is 0. The third-order valence-electron chi connectivity index (χ3n) is 9.85. The number of benzene rings is 8. The zero-order valence-corrected chi connectivity index (χ0v) is 26.5. The highest BCUT2D eigenvalue weighted by molar-refractivity contribution is 7.25. The molecule has 0 aliphatic heterocycles. The van der Waals surface area contributed by atoms with Gasteiger partial charge in [-0.3, -0.25) is 0 Å². The van der Waals surface area contributed by atoms with Crippen LogP contribution in [0.4, 0.5) is 17.1 Å². The Morgan fingerprint density at radius 2 is 1.15 bits per heavy atom. The Morgan fingerprint density at radius 3 is 2.04 bits per heavy atom. The van der Waals surface area contributed by atoms with E-state index in [-0.39, 0.29) is 0 Å². The molecule has 0 spiro atoms. The van der Waals surface area contributed by atoms with Crippen LogP contribution < -0.4 is 4.90 Å². The molecule has 1 aliphatic carbocycles. The van der Waals surface area contributed by atoms with Crippen molar-refractivity contribution in [3.8, 4) is 22.3 Å². The van der Waals surface area contributed by atoms with Crippen molar-refractivity contribution in [1.29, 1.82) is 0 Å². The Bertz CT molecular complexity index is 2650. The van der Waals surface area contributed by atoms with Gasteiger partial charge in [-0.15, -0.1) is 11.3 Å². The monoisotopic (exact) mass is 615 g/mol. The van der Waals surface area contributed by atoms with E-state index in [0.717, 1.165) is 23.5 Å². The van der Waals surface area contributed by atoms with Gasteiger partial charge in [0.25, 0.3) is 0 Å². The average Bonchev–Trinajstić information content (AvgIpc) is 3.51. The molecule has 8 aromatic carbocycles. The summed E-state index contributed by atoms with van der Waals surface area (Å²) in [4.78, 5) is 2.37. The summed E-state index contributed by atoms with van der Waals surface area (Å²) in [5.41, 5.74) is 11.5. The zero-order valence-electron chi connectivity index (χ0n) is 25.7. The molecule has 9 aromatic rings. The molecule has 2 heteroatoms. The van der Waals surface area contributed by atoms with Crippen LogP contribution in [-0.2, 0) is 6.42 Å². The number of thiophene rings is 1. The summed E-state index contributed by atoms with van der Waals surface area (Å²) in [7, 11) is 0. The maximum absolute atomic E-state index is 2.41. The lowest BCUT2D eigenvalue weighted by Gasteiger charge is -2.26. The van der Waals surface area contributed by atoms with Crippen molar-refractivity contribution >= 4 is 70.1 Å². The topological polar surface area (TPSA) is 3.24 Å². The van der Waals surface area contributed by atoms with Crippen molar-refractivity contribution in [1.82, 2.24) is 0 Å². The molecular weight excluding hydrogens is 587 g/mol. The summed E-state index contributed by atoms with van der Waals surface area (Å²) in [6, 6.07) is 60.4. The van der Waals surface area contributed by atoms with E-state index in [1.54, 1.807) is 0 Å². The Morgan fingerprint density at radius 1 is 0.426 bits per heavy atom. The van der Waals surface area contributed by atoms with Gasteiger partial charge >= 0.3 is 0 Å². The maximum Gasteiger partial charge on any atom is 0.0468 e. The first-order valence-corrected chi connectivity index (χ1v) is 17.0. The highest BCUT2D eigenvalue weighted by atomic mass is 32.1. The van der Waals surface area contributed by atoms with E-state index < -0.39 is 0 Å². The summed E-state index contributed by atoms with van der Waals surface area (Å²) >= 11 is 1.86. The standard InChI is InChI=1S/C45H29NS/c1-2-12-34(13-3-1)46(36-22-24-44-41(28-36)39-15-6-7-16-43(39)47-44)35-20-17-29(18-21-35)33-25-31-10-8-11-32-26-40-37-14-5-4-9-30(37)19-23-38(40)42(27-33)45(31)32/h1-25,27-28H,26H2. The minimum Gasteiger partial charge on any atom is -0.310 e. The number of anilines is 3. The van der Waals surface area contributed by atoms with Gasteiger partial charge in [-0.05, 0) is 122 Å². The van der Waals surface area contributed by atoms with E-state index in [9.17, 15) is 0 Å². The number of rotatable bonds is 4. The molecule has 1 aliphatic rings. The van der Waals surface area contributed by atoms with Gasteiger partial charge in [-0.25, -0.2) is 0 Å². The molecule has 0 saturated carbocycles. The van der Waals surface area contributed by atoms with Gasteiger partial charge in [0.1, 0.15) is 0 Å². The number of nitrogens with zero attached hydrogens (tertiary/aromatic N) is 1. The van der Waals surface area contributed by atoms with Gasteiger partial charge in [0, 0.05) is 37.2 Å². The van der Waals surface area contributed by atoms with Crippen molar-refractivity contribution in [2.75, 3.05) is 4.90 Å². The second-order valence-electron chi connectivity index (χ2n) is 12.5. The maximum atomic E-state index is 2.41. The normalized spacial score (nSPS) is 12.2. The summed E-state index contributed by atoms with van der Waals surface area (Å²) < 4.78 is 2.64. The lowest BCUT2D eigenvalue weighted by molar-refractivity contribution is 1.22. The molecule has 47 heavy (non-hydrogen) atoms. The molecule has 0 bridgehead atoms. The van der Waals surface area contributed by atoms with Crippen LogP contribution in [0.5, 0.6) is 0 Å². The predicted octanol–water partition coefficient (Wildman–Crippen LogP) is 13.1. The van der Waals surface area contributed by atoms with Crippen LogP contribution in [0.25, 0.3) is 64.0 Å². The Balaban J connectivity index is 1.10. The molecule has 0 N–H and O–H groups in total. The molecular formula is C45H29NS. The molecule has 220 valence electrons. The highest BCUT2D eigenvalue weighted by Crippen LogP contribution is 2.45. The third kappa shape index (κ3) is 4.22. The van der Waals surface area contributed by atoms with Crippen molar-refractivity contribution in [2.45, 2.75) is 6.42 Å². The summed E-state index contributed by atoms with van der Waals surface area (Å²) in [6.07, 6.45) is 0.970. The fraction of sp³-hybridized carbons (Fsp3) is 0.0222. The molecule has 0 atom stereocenters. The number of fused-ring (bicyclic) bond motifs is 7. The molecule has 0 saturated heterocycles. The van der Waals surface area contributed by atoms with E-state index in [0.29, 0.717) is 0 Å². The number of hydrogen-bond acceptors (Lipinski definition) is 2. The second kappa shape index (κ2) is 10.4. The smallest absolute Gasteiger partial charge is 0.0468 e. The van der Waals surface area contributed by atoms with Gasteiger partial charge in [0.2, 0.25) is 0 Å². The van der Waals surface area contributed by atoms with E-state index in [1.165, 1.54) is 75.1 Å². The molecule has 1 heterocycles. The van der Waals surface area contributed by atoms with Crippen molar-refractivity contribution in [3.63, 3.8) is 0 Å². The van der Waals surface area contributed by atoms with Crippen LogP contribution in [0.2, 0.25) is 0 Å². The summed E-state index contributed by atoms with van der Waals surface area (Å²) in [5, 5.41) is 7.98. The SMILES string of the molecule is c1ccc(N(c2ccc(-c3cc4c5c(cccc5c3)Cc3c-4ccc4ccccc34)cc2)c2ccc3sc4ccccc4c3c2)cc1. The average molecular weight is 616 g/mol. The van der Waals surface area contributed by atoms with Crippen molar-refractivity contribution < 1.29 is 0 Å². The number of hydrogen-bond donors (Lipinski definition) is 0. The Kier molecular flexibility index (Phi) is 5.88. The fourth-order valence-corrected chi connectivity index (χ4v) is 8.77. The van der Waals surface area contributed by atoms with Gasteiger partial charge in [-0.2, -0.15) is 0 Å². The van der Waals surface area contributed by atoms with Crippen LogP contribution >= 0.6 is 11.3 Å². The number of para-hydroxylation sites is 1. The van der Waals surface area contributed by atoms with Gasteiger partial charge in [0.05, 0.1) is 0 Å². The predicted molar refractivity (Wildman–Crippen MR) is 203 cm³/mol. The molecule has 10 rings (SSSR count). The largest absolute Gasteiger partial charge is 0.310 e. The summed E-state index contributed by atoms with van der Waals surface area (Å²) in [6.45, 7) is 0. The van der Waals surface area contributed by atoms with E-state index in [2.05, 4.69) is 169 Å². The zero-order chi connectivity index (χ0) is 30.9. The molecule has 0 amide bonds. The lowest BCUT2D eigenvalue weighted by Crippen LogP contribution is -2.09. The van der Waals surface area contributed by atoms with Crippen LogP contribution in [0.15, 0.2) is 164 Å². The van der Waals surface area contributed by atoms with Gasteiger partial charge in [-0.1, -0.05) is 103 Å². The van der Waals surface area contributed by atoms with Crippen LogP contribution in [-0.4, -0.2) is 0 Å². The van der Waals surface area contributed by atoms with Crippen LogP contribution in [0.1, 0.15) is 11.1 Å². The first-order chi connectivity index (χ1) is 23.3. The minimum absolute atomic E-state index is 0.970. The quantitative estimate of drug-likeness (QED) is 0.190. The molecule has 1 aromatic heterocycles. The fourth-order valence-electron chi connectivity index (χ4n) is 7.68. The second-order valence-corrected chi connectivity index (χ2v) is 13.6.